The van der Waals surface area contributed by atoms with Gasteiger partial charge in [-0.15, -0.1) is 0 Å². The van der Waals surface area contributed by atoms with Crippen LogP contribution in [0.15, 0.2) is 96.4 Å². The molecule has 2 N–H and O–H groups in total. The van der Waals surface area contributed by atoms with E-state index in [4.69, 9.17) is 0 Å². The molecule has 0 aliphatic carbocycles. The molecule has 1 amide bonds. The Hall–Kier alpha value is -3.38. The molecule has 0 saturated heterocycles. The summed E-state index contributed by atoms with van der Waals surface area (Å²) in [6, 6.07) is 28.3. The third-order valence-electron chi connectivity index (χ3n) is 5.16. The van der Waals surface area contributed by atoms with Crippen LogP contribution in [0.5, 0.6) is 0 Å². The number of rotatable bonds is 8. The molecule has 1 unspecified atom stereocenters. The third kappa shape index (κ3) is 5.41. The van der Waals surface area contributed by atoms with Gasteiger partial charge in [-0.3, -0.25) is 9.89 Å². The van der Waals surface area contributed by atoms with Gasteiger partial charge in [0.25, 0.3) is 5.91 Å². The van der Waals surface area contributed by atoms with Gasteiger partial charge in [0.2, 0.25) is 0 Å². The summed E-state index contributed by atoms with van der Waals surface area (Å²) in [6.45, 7) is 2.06. The van der Waals surface area contributed by atoms with E-state index in [-0.39, 0.29) is 17.9 Å². The van der Waals surface area contributed by atoms with Gasteiger partial charge in [0.1, 0.15) is 6.33 Å². The summed E-state index contributed by atoms with van der Waals surface area (Å²) in [7, 11) is 0. The van der Waals surface area contributed by atoms with Crippen molar-refractivity contribution in [2.24, 2.45) is 0 Å². The van der Waals surface area contributed by atoms with Crippen LogP contribution in [0.25, 0.3) is 0 Å². The third-order valence-corrected chi connectivity index (χ3v) is 6.11. The number of nitrogens with zero attached hydrogens (tertiary/aromatic N) is 2. The van der Waals surface area contributed by atoms with Crippen LogP contribution in [0.3, 0.4) is 0 Å². The molecule has 0 spiro atoms. The van der Waals surface area contributed by atoms with Crippen LogP contribution in [0.4, 0.5) is 0 Å². The summed E-state index contributed by atoms with van der Waals surface area (Å²) < 4.78 is 0. The molecule has 0 fully saturated rings. The number of carbonyl (C=O) groups excluding carboxylic acids is 1. The van der Waals surface area contributed by atoms with Crippen molar-refractivity contribution in [3.05, 3.63) is 114 Å². The highest BCUT2D eigenvalue weighted by Gasteiger charge is 2.23. The lowest BCUT2D eigenvalue weighted by molar-refractivity contribution is 0.0937. The Labute approximate surface area is 186 Å². The van der Waals surface area contributed by atoms with Crippen molar-refractivity contribution in [1.29, 1.82) is 0 Å². The highest BCUT2D eigenvalue weighted by Crippen LogP contribution is 2.28. The topological polar surface area (TPSA) is 70.7 Å². The average molecular weight is 429 g/mol. The standard InChI is InChI=1S/C25H24N4OS/c1-18(23(20-8-4-2-5-9-20)21-10-6-3-7-11-21)28-24(30)22-14-12-19(13-15-22)16-31-25-26-17-27-29-25/h2-15,17-18,23H,16H2,1H3,(H,28,30)(H,26,27,29). The Morgan fingerprint density at radius 3 is 2.10 bits per heavy atom. The number of aromatic nitrogens is 3. The van der Waals surface area contributed by atoms with Crippen molar-refractivity contribution in [3.8, 4) is 0 Å². The fourth-order valence-electron chi connectivity index (χ4n) is 3.63. The number of hydrogen-bond donors (Lipinski definition) is 2. The van der Waals surface area contributed by atoms with Gasteiger partial charge < -0.3 is 5.32 Å². The molecule has 0 bridgehead atoms. The molecular formula is C25H24N4OS. The van der Waals surface area contributed by atoms with Crippen molar-refractivity contribution in [3.63, 3.8) is 0 Å². The number of amides is 1. The van der Waals surface area contributed by atoms with E-state index in [9.17, 15) is 4.79 Å². The lowest BCUT2D eigenvalue weighted by atomic mass is 9.85. The molecular weight excluding hydrogens is 404 g/mol. The van der Waals surface area contributed by atoms with Crippen molar-refractivity contribution < 1.29 is 4.79 Å². The summed E-state index contributed by atoms with van der Waals surface area (Å²) in [5, 5.41) is 10.7. The maximum absolute atomic E-state index is 12.9. The molecule has 0 aliphatic rings. The van der Waals surface area contributed by atoms with E-state index in [2.05, 4.69) is 51.7 Å². The summed E-state index contributed by atoms with van der Waals surface area (Å²) >= 11 is 1.57. The fourth-order valence-corrected chi connectivity index (χ4v) is 4.37. The van der Waals surface area contributed by atoms with Gasteiger partial charge in [-0.1, -0.05) is 84.6 Å². The molecule has 3 aromatic carbocycles. The number of aromatic amines is 1. The van der Waals surface area contributed by atoms with Crippen LogP contribution < -0.4 is 5.32 Å². The second-order valence-corrected chi connectivity index (χ2v) is 8.30. The van der Waals surface area contributed by atoms with Crippen LogP contribution in [-0.2, 0) is 5.75 Å². The van der Waals surface area contributed by atoms with Crippen molar-refractivity contribution in [2.45, 2.75) is 29.8 Å². The summed E-state index contributed by atoms with van der Waals surface area (Å²) in [4.78, 5) is 17.0. The van der Waals surface area contributed by atoms with E-state index in [0.717, 1.165) is 16.5 Å². The number of hydrogen-bond acceptors (Lipinski definition) is 4. The van der Waals surface area contributed by atoms with Crippen LogP contribution >= 0.6 is 11.8 Å². The molecule has 1 heterocycles. The normalized spacial score (nSPS) is 11.9. The highest BCUT2D eigenvalue weighted by molar-refractivity contribution is 7.98. The Balaban J connectivity index is 1.44. The van der Waals surface area contributed by atoms with Crippen LogP contribution in [0, 0.1) is 0 Å². The smallest absolute Gasteiger partial charge is 0.251 e. The first kappa shape index (κ1) is 20.9. The molecule has 0 saturated carbocycles. The van der Waals surface area contributed by atoms with Crippen LogP contribution in [-0.4, -0.2) is 27.1 Å². The van der Waals surface area contributed by atoms with Gasteiger partial charge in [0.15, 0.2) is 5.16 Å². The zero-order valence-corrected chi connectivity index (χ0v) is 18.0. The van der Waals surface area contributed by atoms with E-state index in [1.165, 1.54) is 17.5 Å². The number of H-pyrrole nitrogens is 1. The second-order valence-electron chi connectivity index (χ2n) is 7.34. The molecule has 5 nitrogen and oxygen atoms in total. The van der Waals surface area contributed by atoms with Crippen molar-refractivity contribution in [1.82, 2.24) is 20.5 Å². The Kier molecular flexibility index (Phi) is 6.79. The Bertz CT molecular complexity index is 1040. The monoisotopic (exact) mass is 428 g/mol. The number of nitrogens with one attached hydrogen (secondary N) is 2. The van der Waals surface area contributed by atoms with E-state index in [1.807, 2.05) is 60.7 Å². The lowest BCUT2D eigenvalue weighted by Crippen LogP contribution is -2.37. The minimum atomic E-state index is -0.0706. The predicted molar refractivity (Wildman–Crippen MR) is 124 cm³/mol. The first-order valence-corrected chi connectivity index (χ1v) is 11.2. The average Bonchev–Trinajstić information content (AvgIpc) is 3.33. The minimum Gasteiger partial charge on any atom is -0.349 e. The fraction of sp³-hybridized carbons (Fsp3) is 0.160. The molecule has 4 rings (SSSR count). The second kappa shape index (κ2) is 10.1. The molecule has 31 heavy (non-hydrogen) atoms. The summed E-state index contributed by atoms with van der Waals surface area (Å²) in [5.41, 5.74) is 4.14. The van der Waals surface area contributed by atoms with Crippen molar-refractivity contribution >= 4 is 17.7 Å². The summed E-state index contributed by atoms with van der Waals surface area (Å²) in [5.74, 6) is 0.764. The molecule has 1 atom stereocenters. The van der Waals surface area contributed by atoms with Gasteiger partial charge in [0, 0.05) is 23.3 Å². The summed E-state index contributed by atoms with van der Waals surface area (Å²) in [6.07, 6.45) is 1.50. The maximum atomic E-state index is 12.9. The minimum absolute atomic E-state index is 0.0704. The van der Waals surface area contributed by atoms with E-state index in [0.29, 0.717) is 5.56 Å². The molecule has 0 radical (unpaired) electrons. The molecule has 1 aromatic heterocycles. The molecule has 4 aromatic rings. The van der Waals surface area contributed by atoms with Gasteiger partial charge in [-0.25, -0.2) is 4.98 Å². The van der Waals surface area contributed by atoms with Gasteiger partial charge in [0.05, 0.1) is 0 Å². The molecule has 0 aliphatic heterocycles. The SMILES string of the molecule is CC(NC(=O)c1ccc(CSc2ncn[nH]2)cc1)C(c1ccccc1)c1ccccc1. The first-order valence-electron chi connectivity index (χ1n) is 10.2. The van der Waals surface area contributed by atoms with E-state index in [1.54, 1.807) is 11.8 Å². The number of benzene rings is 3. The number of carbonyl (C=O) groups is 1. The predicted octanol–water partition coefficient (Wildman–Crippen LogP) is 5.05. The van der Waals surface area contributed by atoms with Crippen molar-refractivity contribution in [2.75, 3.05) is 0 Å². The zero-order chi connectivity index (χ0) is 21.5. The Morgan fingerprint density at radius 2 is 1.55 bits per heavy atom. The quantitative estimate of drug-likeness (QED) is 0.385. The van der Waals surface area contributed by atoms with E-state index >= 15 is 0 Å². The van der Waals surface area contributed by atoms with Gasteiger partial charge in [-0.2, -0.15) is 5.10 Å². The van der Waals surface area contributed by atoms with E-state index < -0.39 is 0 Å². The van der Waals surface area contributed by atoms with Crippen LogP contribution in [0.2, 0.25) is 0 Å². The largest absolute Gasteiger partial charge is 0.349 e. The zero-order valence-electron chi connectivity index (χ0n) is 17.2. The van der Waals surface area contributed by atoms with Gasteiger partial charge in [-0.05, 0) is 35.7 Å². The lowest BCUT2D eigenvalue weighted by Gasteiger charge is -2.26. The number of thioether (sulfide) groups is 1. The Morgan fingerprint density at radius 1 is 0.935 bits per heavy atom. The molecule has 156 valence electrons. The first-order chi connectivity index (χ1) is 15.2. The van der Waals surface area contributed by atoms with Gasteiger partial charge >= 0.3 is 0 Å². The molecule has 6 heteroatoms. The van der Waals surface area contributed by atoms with Crippen LogP contribution in [0.1, 0.15) is 39.9 Å². The highest BCUT2D eigenvalue weighted by atomic mass is 32.2. The maximum Gasteiger partial charge on any atom is 0.251 e.